The monoisotopic (exact) mass is 252 g/mol. The summed E-state index contributed by atoms with van der Waals surface area (Å²) in [5.41, 5.74) is 6.13. The molecular weight excluding hydrogens is 232 g/mol. The van der Waals surface area contributed by atoms with E-state index in [0.717, 1.165) is 0 Å². The van der Waals surface area contributed by atoms with Crippen LogP contribution in [0, 0.1) is 0 Å². The number of nitrogens with two attached hydrogens (primary N) is 1. The Hall–Kier alpha value is -1.82. The Morgan fingerprint density at radius 2 is 2.17 bits per heavy atom. The first-order chi connectivity index (χ1) is 8.52. The van der Waals surface area contributed by atoms with Gasteiger partial charge in [-0.05, 0) is 13.1 Å². The zero-order valence-electron chi connectivity index (χ0n) is 10.8. The van der Waals surface area contributed by atoms with E-state index in [4.69, 9.17) is 5.73 Å². The summed E-state index contributed by atoms with van der Waals surface area (Å²) in [6.45, 7) is 1.92. The van der Waals surface area contributed by atoms with Gasteiger partial charge in [-0.3, -0.25) is 9.59 Å². The molecule has 0 unspecified atom stereocenters. The van der Waals surface area contributed by atoms with Gasteiger partial charge in [0.1, 0.15) is 0 Å². The Labute approximate surface area is 106 Å². The first-order valence-electron chi connectivity index (χ1n) is 5.88. The lowest BCUT2D eigenvalue weighted by Crippen LogP contribution is -2.31. The lowest BCUT2D eigenvalue weighted by Gasteiger charge is -2.16. The van der Waals surface area contributed by atoms with Crippen LogP contribution in [-0.2, 0) is 11.3 Å². The molecule has 0 aliphatic rings. The molecule has 0 saturated heterocycles. The van der Waals surface area contributed by atoms with Gasteiger partial charge in [-0.15, -0.1) is 0 Å². The van der Waals surface area contributed by atoms with Gasteiger partial charge in [0.05, 0.1) is 0 Å². The molecule has 18 heavy (non-hydrogen) atoms. The molecule has 0 aromatic carbocycles. The van der Waals surface area contributed by atoms with Gasteiger partial charge in [0.2, 0.25) is 5.91 Å². The third kappa shape index (κ3) is 4.58. The van der Waals surface area contributed by atoms with Gasteiger partial charge in [0.25, 0.3) is 5.56 Å². The summed E-state index contributed by atoms with van der Waals surface area (Å²) >= 11 is 0. The highest BCUT2D eigenvalue weighted by Gasteiger charge is 2.03. The average molecular weight is 252 g/mol. The summed E-state index contributed by atoms with van der Waals surface area (Å²) in [6, 6.07) is 3.05. The maximum atomic E-state index is 11.5. The molecule has 0 spiro atoms. The number of rotatable bonds is 6. The van der Waals surface area contributed by atoms with Crippen molar-refractivity contribution < 1.29 is 4.79 Å². The van der Waals surface area contributed by atoms with Crippen molar-refractivity contribution in [1.29, 1.82) is 0 Å². The smallest absolute Gasteiger partial charge is 0.250 e. The molecule has 1 heterocycles. The number of likely N-dealkylation sites (N-methyl/N-ethyl adjacent to an activating group) is 1. The van der Waals surface area contributed by atoms with E-state index in [-0.39, 0.29) is 11.5 Å². The number of anilines is 1. The third-order valence-corrected chi connectivity index (χ3v) is 2.73. The maximum Gasteiger partial charge on any atom is 0.250 e. The standard InChI is InChI=1S/C12H20N4O2/c1-14-11(17)5-6-15(2)7-8-16-9-10(13)3-4-12(16)18/h3-4,9H,5-8,13H2,1-2H3,(H,14,17). The Morgan fingerprint density at radius 1 is 1.44 bits per heavy atom. The van der Waals surface area contributed by atoms with E-state index in [9.17, 15) is 9.59 Å². The fourth-order valence-corrected chi connectivity index (χ4v) is 1.53. The number of nitrogens with one attached hydrogen (secondary N) is 1. The highest BCUT2D eigenvalue weighted by molar-refractivity contribution is 5.75. The van der Waals surface area contributed by atoms with Gasteiger partial charge in [0.15, 0.2) is 0 Å². The SMILES string of the molecule is CNC(=O)CCN(C)CCn1cc(N)ccc1=O. The van der Waals surface area contributed by atoms with Crippen LogP contribution in [0.2, 0.25) is 0 Å². The predicted octanol–water partition coefficient (Wildman–Crippen LogP) is -0.502. The van der Waals surface area contributed by atoms with E-state index in [1.165, 1.54) is 6.07 Å². The number of aromatic nitrogens is 1. The van der Waals surface area contributed by atoms with Crippen molar-refractivity contribution in [2.45, 2.75) is 13.0 Å². The molecule has 0 atom stereocenters. The van der Waals surface area contributed by atoms with Gasteiger partial charge in [0, 0.05) is 51.1 Å². The molecule has 100 valence electrons. The number of amides is 1. The Balaban J connectivity index is 2.42. The predicted molar refractivity (Wildman–Crippen MR) is 71.3 cm³/mol. The summed E-state index contributed by atoms with van der Waals surface area (Å²) < 4.78 is 1.58. The highest BCUT2D eigenvalue weighted by atomic mass is 16.1. The Kier molecular flexibility index (Phi) is 5.38. The second-order valence-electron chi connectivity index (χ2n) is 4.22. The van der Waals surface area contributed by atoms with Crippen molar-refractivity contribution in [3.8, 4) is 0 Å². The zero-order valence-corrected chi connectivity index (χ0v) is 10.8. The van der Waals surface area contributed by atoms with Crippen LogP contribution >= 0.6 is 0 Å². The van der Waals surface area contributed by atoms with Gasteiger partial charge in [-0.2, -0.15) is 0 Å². The molecular formula is C12H20N4O2. The minimum atomic E-state index is -0.0658. The van der Waals surface area contributed by atoms with Gasteiger partial charge in [-0.25, -0.2) is 0 Å². The molecule has 3 N–H and O–H groups in total. The van der Waals surface area contributed by atoms with Crippen molar-refractivity contribution in [3.63, 3.8) is 0 Å². The molecule has 0 aliphatic heterocycles. The number of pyridine rings is 1. The van der Waals surface area contributed by atoms with E-state index in [1.807, 2.05) is 11.9 Å². The van der Waals surface area contributed by atoms with Crippen molar-refractivity contribution in [2.75, 3.05) is 32.9 Å². The molecule has 0 aliphatic carbocycles. The summed E-state index contributed by atoms with van der Waals surface area (Å²) in [6.07, 6.45) is 2.09. The first kappa shape index (κ1) is 14.2. The normalized spacial score (nSPS) is 10.6. The average Bonchev–Trinajstić information content (AvgIpc) is 2.36. The quantitative estimate of drug-likeness (QED) is 0.715. The van der Waals surface area contributed by atoms with E-state index in [0.29, 0.717) is 31.7 Å². The van der Waals surface area contributed by atoms with E-state index >= 15 is 0 Å². The highest BCUT2D eigenvalue weighted by Crippen LogP contribution is 1.96. The van der Waals surface area contributed by atoms with E-state index in [2.05, 4.69) is 5.32 Å². The molecule has 6 heteroatoms. The maximum absolute atomic E-state index is 11.5. The minimum Gasteiger partial charge on any atom is -0.398 e. The molecule has 1 aromatic heterocycles. The number of nitrogens with zero attached hydrogens (tertiary/aromatic N) is 2. The molecule has 1 rings (SSSR count). The van der Waals surface area contributed by atoms with Crippen LogP contribution in [-0.4, -0.2) is 42.6 Å². The summed E-state index contributed by atoms with van der Waals surface area (Å²) in [5.74, 6) is 0.0166. The minimum absolute atomic E-state index is 0.0166. The summed E-state index contributed by atoms with van der Waals surface area (Å²) in [7, 11) is 3.54. The number of hydrogen-bond acceptors (Lipinski definition) is 4. The Morgan fingerprint density at radius 3 is 2.83 bits per heavy atom. The van der Waals surface area contributed by atoms with Crippen molar-refractivity contribution in [2.24, 2.45) is 0 Å². The van der Waals surface area contributed by atoms with Crippen molar-refractivity contribution >= 4 is 11.6 Å². The van der Waals surface area contributed by atoms with Crippen molar-refractivity contribution in [1.82, 2.24) is 14.8 Å². The zero-order chi connectivity index (χ0) is 13.5. The largest absolute Gasteiger partial charge is 0.398 e. The van der Waals surface area contributed by atoms with Gasteiger partial charge >= 0.3 is 0 Å². The van der Waals surface area contributed by atoms with E-state index < -0.39 is 0 Å². The van der Waals surface area contributed by atoms with Crippen LogP contribution in [0.3, 0.4) is 0 Å². The first-order valence-corrected chi connectivity index (χ1v) is 5.88. The molecule has 0 saturated carbocycles. The van der Waals surface area contributed by atoms with Crippen LogP contribution in [0.4, 0.5) is 5.69 Å². The van der Waals surface area contributed by atoms with Crippen molar-refractivity contribution in [3.05, 3.63) is 28.7 Å². The molecule has 6 nitrogen and oxygen atoms in total. The van der Waals surface area contributed by atoms with E-state index in [1.54, 1.807) is 23.9 Å². The second kappa shape index (κ2) is 6.80. The van der Waals surface area contributed by atoms with Crippen LogP contribution < -0.4 is 16.6 Å². The number of nitrogen functional groups attached to an aromatic ring is 1. The third-order valence-electron chi connectivity index (χ3n) is 2.73. The topological polar surface area (TPSA) is 80.4 Å². The second-order valence-corrected chi connectivity index (χ2v) is 4.22. The molecule has 1 amide bonds. The fourth-order valence-electron chi connectivity index (χ4n) is 1.53. The van der Waals surface area contributed by atoms with Crippen LogP contribution in [0.1, 0.15) is 6.42 Å². The van der Waals surface area contributed by atoms with Gasteiger partial charge < -0.3 is 20.5 Å². The lowest BCUT2D eigenvalue weighted by atomic mass is 10.3. The van der Waals surface area contributed by atoms with Gasteiger partial charge in [-0.1, -0.05) is 0 Å². The summed E-state index contributed by atoms with van der Waals surface area (Å²) in [4.78, 5) is 24.6. The molecule has 0 radical (unpaired) electrons. The van der Waals surface area contributed by atoms with Crippen LogP contribution in [0.5, 0.6) is 0 Å². The molecule has 1 aromatic rings. The fraction of sp³-hybridized carbons (Fsp3) is 0.500. The number of carbonyl (C=O) groups is 1. The lowest BCUT2D eigenvalue weighted by molar-refractivity contribution is -0.120. The number of carbonyl (C=O) groups excluding carboxylic acids is 1. The molecule has 0 fully saturated rings. The number of hydrogen-bond donors (Lipinski definition) is 2. The van der Waals surface area contributed by atoms with Crippen LogP contribution in [0.25, 0.3) is 0 Å². The van der Waals surface area contributed by atoms with Crippen LogP contribution in [0.15, 0.2) is 23.1 Å². The Bertz CT molecular complexity index is 456. The molecule has 0 bridgehead atoms. The summed E-state index contributed by atoms with van der Waals surface area (Å²) in [5, 5.41) is 2.57.